The van der Waals surface area contributed by atoms with Gasteiger partial charge in [-0.3, -0.25) is 4.98 Å². The Bertz CT molecular complexity index is 755. The van der Waals surface area contributed by atoms with E-state index in [9.17, 15) is 4.79 Å². The van der Waals surface area contributed by atoms with Gasteiger partial charge in [-0.2, -0.15) is 0 Å². The van der Waals surface area contributed by atoms with Crippen molar-refractivity contribution in [3.05, 3.63) is 46.8 Å². The molecule has 0 fully saturated rings. The molecule has 3 rings (SSSR count). The number of thiophene rings is 1. The molecule has 4 nitrogen and oxygen atoms in total. The maximum Gasteiger partial charge on any atom is 0.345 e. The third kappa shape index (κ3) is 2.59. The van der Waals surface area contributed by atoms with Gasteiger partial charge in [-0.15, -0.1) is 11.3 Å². The van der Waals surface area contributed by atoms with Gasteiger partial charge in [0.15, 0.2) is 0 Å². The van der Waals surface area contributed by atoms with Gasteiger partial charge >= 0.3 is 5.97 Å². The molecule has 0 radical (unpaired) electrons. The Labute approximate surface area is 117 Å². The highest BCUT2D eigenvalue weighted by atomic mass is 32.2. The van der Waals surface area contributed by atoms with Crippen LogP contribution in [0, 0.1) is 0 Å². The highest BCUT2D eigenvalue weighted by molar-refractivity contribution is 7.99. The van der Waals surface area contributed by atoms with Gasteiger partial charge < -0.3 is 5.11 Å². The second-order valence-electron chi connectivity index (χ2n) is 3.75. The second kappa shape index (κ2) is 4.99. The standard InChI is InChI=1S/C13H8N2O2S2/c16-13(17)11-5-8(7-18-11)19-12-6-14-9-3-1-2-4-10(9)15-12/h1-7H,(H,16,17). The minimum absolute atomic E-state index is 0.330. The Hall–Kier alpha value is -1.92. The average Bonchev–Trinajstić information content (AvgIpc) is 2.87. The molecule has 2 aromatic heterocycles. The van der Waals surface area contributed by atoms with Crippen LogP contribution in [-0.4, -0.2) is 21.0 Å². The molecule has 0 amide bonds. The summed E-state index contributed by atoms with van der Waals surface area (Å²) in [7, 11) is 0. The summed E-state index contributed by atoms with van der Waals surface area (Å²) in [4.78, 5) is 20.8. The van der Waals surface area contributed by atoms with Crippen molar-refractivity contribution in [1.29, 1.82) is 0 Å². The summed E-state index contributed by atoms with van der Waals surface area (Å²) in [5, 5.41) is 11.4. The van der Waals surface area contributed by atoms with Crippen LogP contribution in [0.2, 0.25) is 0 Å². The zero-order valence-corrected chi connectivity index (χ0v) is 11.2. The summed E-state index contributed by atoms with van der Waals surface area (Å²) >= 11 is 2.63. The summed E-state index contributed by atoms with van der Waals surface area (Å²) < 4.78 is 0. The van der Waals surface area contributed by atoms with Crippen molar-refractivity contribution < 1.29 is 9.90 Å². The SMILES string of the molecule is O=C(O)c1cc(Sc2cnc3ccccc3n2)cs1. The van der Waals surface area contributed by atoms with Crippen LogP contribution in [0.25, 0.3) is 11.0 Å². The molecule has 0 unspecified atom stereocenters. The van der Waals surface area contributed by atoms with Crippen LogP contribution in [0.3, 0.4) is 0 Å². The Morgan fingerprint density at radius 1 is 1.26 bits per heavy atom. The molecule has 0 aliphatic rings. The molecule has 0 atom stereocenters. The van der Waals surface area contributed by atoms with Crippen LogP contribution < -0.4 is 0 Å². The minimum atomic E-state index is -0.901. The largest absolute Gasteiger partial charge is 0.477 e. The molecule has 3 aromatic rings. The van der Waals surface area contributed by atoms with E-state index in [0.717, 1.165) is 21.0 Å². The number of hydrogen-bond acceptors (Lipinski definition) is 5. The highest BCUT2D eigenvalue weighted by Gasteiger charge is 2.08. The number of nitrogens with zero attached hydrogens (tertiary/aromatic N) is 2. The summed E-state index contributed by atoms with van der Waals surface area (Å²) in [5.74, 6) is -0.901. The predicted molar refractivity (Wildman–Crippen MR) is 74.9 cm³/mol. The number of hydrogen-bond donors (Lipinski definition) is 1. The number of rotatable bonds is 3. The molecule has 6 heteroatoms. The van der Waals surface area contributed by atoms with Gasteiger partial charge in [0.25, 0.3) is 0 Å². The smallest absolute Gasteiger partial charge is 0.345 e. The van der Waals surface area contributed by atoms with Crippen LogP contribution in [-0.2, 0) is 0 Å². The first kappa shape index (κ1) is 12.1. The van der Waals surface area contributed by atoms with E-state index in [0.29, 0.717) is 4.88 Å². The zero-order chi connectivity index (χ0) is 13.2. The Balaban J connectivity index is 1.89. The van der Waals surface area contributed by atoms with Crippen molar-refractivity contribution >= 4 is 40.1 Å². The lowest BCUT2D eigenvalue weighted by molar-refractivity contribution is 0.0702. The molecule has 94 valence electrons. The highest BCUT2D eigenvalue weighted by Crippen LogP contribution is 2.30. The number of carbonyl (C=O) groups is 1. The quantitative estimate of drug-likeness (QED) is 0.798. The first-order chi connectivity index (χ1) is 9.22. The van der Waals surface area contributed by atoms with Crippen molar-refractivity contribution in [1.82, 2.24) is 9.97 Å². The fourth-order valence-corrected chi connectivity index (χ4v) is 3.28. The Kier molecular flexibility index (Phi) is 3.18. The molecule has 0 spiro atoms. The maximum absolute atomic E-state index is 10.8. The van der Waals surface area contributed by atoms with Crippen LogP contribution in [0.5, 0.6) is 0 Å². The van der Waals surface area contributed by atoms with Gasteiger partial charge in [0.05, 0.1) is 17.2 Å². The van der Waals surface area contributed by atoms with Gasteiger partial charge in [0, 0.05) is 10.3 Å². The molecule has 0 saturated carbocycles. The number of benzene rings is 1. The van der Waals surface area contributed by atoms with E-state index >= 15 is 0 Å². The van der Waals surface area contributed by atoms with Crippen LogP contribution in [0.4, 0.5) is 0 Å². The summed E-state index contributed by atoms with van der Waals surface area (Å²) in [6.07, 6.45) is 1.70. The molecule has 1 aromatic carbocycles. The number of fused-ring (bicyclic) bond motifs is 1. The third-order valence-corrected chi connectivity index (χ3v) is 4.38. The molecule has 0 saturated heterocycles. The molecule has 19 heavy (non-hydrogen) atoms. The van der Waals surface area contributed by atoms with Gasteiger partial charge in [0.2, 0.25) is 0 Å². The van der Waals surface area contributed by atoms with Crippen LogP contribution in [0.1, 0.15) is 9.67 Å². The van der Waals surface area contributed by atoms with E-state index in [2.05, 4.69) is 9.97 Å². The minimum Gasteiger partial charge on any atom is -0.477 e. The summed E-state index contributed by atoms with van der Waals surface area (Å²) in [6, 6.07) is 9.29. The molecule has 0 aliphatic carbocycles. The third-order valence-electron chi connectivity index (χ3n) is 2.44. The molecular formula is C13H8N2O2S2. The zero-order valence-electron chi connectivity index (χ0n) is 9.61. The van der Waals surface area contributed by atoms with Crippen molar-refractivity contribution in [2.24, 2.45) is 0 Å². The summed E-state index contributed by atoms with van der Waals surface area (Å²) in [6.45, 7) is 0. The molecular weight excluding hydrogens is 280 g/mol. The lowest BCUT2D eigenvalue weighted by Gasteiger charge is -2.00. The molecule has 0 aliphatic heterocycles. The second-order valence-corrected chi connectivity index (χ2v) is 5.76. The van der Waals surface area contributed by atoms with Gasteiger partial charge in [0.1, 0.15) is 9.90 Å². The van der Waals surface area contributed by atoms with Crippen molar-refractivity contribution in [3.8, 4) is 0 Å². The lowest BCUT2D eigenvalue weighted by Crippen LogP contribution is -1.90. The molecule has 0 bridgehead atoms. The summed E-state index contributed by atoms with van der Waals surface area (Å²) in [5.41, 5.74) is 1.68. The van der Waals surface area contributed by atoms with E-state index in [1.807, 2.05) is 29.6 Å². The first-order valence-corrected chi connectivity index (χ1v) is 7.13. The fraction of sp³-hybridized carbons (Fsp3) is 0. The van der Waals surface area contributed by atoms with Gasteiger partial charge in [-0.05, 0) is 18.2 Å². The van der Waals surface area contributed by atoms with Crippen molar-refractivity contribution in [2.75, 3.05) is 0 Å². The van der Waals surface area contributed by atoms with E-state index < -0.39 is 5.97 Å². The Morgan fingerprint density at radius 2 is 2.05 bits per heavy atom. The van der Waals surface area contributed by atoms with Gasteiger partial charge in [-0.1, -0.05) is 23.9 Å². The van der Waals surface area contributed by atoms with Crippen LogP contribution in [0.15, 0.2) is 51.8 Å². The van der Waals surface area contributed by atoms with Crippen molar-refractivity contribution in [3.63, 3.8) is 0 Å². The maximum atomic E-state index is 10.8. The number of carboxylic acid groups (broad SMARTS) is 1. The van der Waals surface area contributed by atoms with Crippen molar-refractivity contribution in [2.45, 2.75) is 9.92 Å². The normalized spacial score (nSPS) is 10.7. The van der Waals surface area contributed by atoms with E-state index in [1.165, 1.54) is 23.1 Å². The molecule has 2 heterocycles. The first-order valence-electron chi connectivity index (χ1n) is 5.44. The number of para-hydroxylation sites is 2. The number of aromatic carboxylic acids is 1. The number of carboxylic acids is 1. The number of aromatic nitrogens is 2. The average molecular weight is 288 g/mol. The molecule has 1 N–H and O–H groups in total. The van der Waals surface area contributed by atoms with E-state index in [-0.39, 0.29) is 0 Å². The van der Waals surface area contributed by atoms with Gasteiger partial charge in [-0.25, -0.2) is 9.78 Å². The van der Waals surface area contributed by atoms with Crippen LogP contribution >= 0.6 is 23.1 Å². The van der Waals surface area contributed by atoms with E-state index in [1.54, 1.807) is 12.3 Å². The fourth-order valence-electron chi connectivity index (χ4n) is 1.59. The van der Waals surface area contributed by atoms with E-state index in [4.69, 9.17) is 5.11 Å². The monoisotopic (exact) mass is 288 g/mol. The topological polar surface area (TPSA) is 63.1 Å². The predicted octanol–water partition coefficient (Wildman–Crippen LogP) is 3.54. The lowest BCUT2D eigenvalue weighted by atomic mass is 10.3. The Morgan fingerprint density at radius 3 is 2.79 bits per heavy atom.